The molecule has 0 aliphatic rings. The standard InChI is InChI=1S/C8H8BrNO4S/c9-6-2-1-5(15-6)7(12)10-4(3-11)8(13)14/h1-2,4,11H,3H2,(H,10,12)(H,13,14)/t4-/m1/s1. The van der Waals surface area contributed by atoms with Gasteiger partial charge >= 0.3 is 5.97 Å². The molecule has 0 aliphatic carbocycles. The van der Waals surface area contributed by atoms with Gasteiger partial charge in [-0.2, -0.15) is 0 Å². The van der Waals surface area contributed by atoms with E-state index in [9.17, 15) is 9.59 Å². The molecule has 3 N–H and O–H groups in total. The van der Waals surface area contributed by atoms with Gasteiger partial charge in [-0.3, -0.25) is 4.79 Å². The van der Waals surface area contributed by atoms with Gasteiger partial charge in [-0.1, -0.05) is 0 Å². The van der Waals surface area contributed by atoms with Crippen molar-refractivity contribution in [3.8, 4) is 0 Å². The molecule has 5 nitrogen and oxygen atoms in total. The second-order valence-electron chi connectivity index (χ2n) is 2.65. The molecule has 1 amide bonds. The monoisotopic (exact) mass is 293 g/mol. The number of hydrogen-bond donors (Lipinski definition) is 3. The van der Waals surface area contributed by atoms with E-state index < -0.39 is 24.5 Å². The van der Waals surface area contributed by atoms with Gasteiger partial charge in [0.15, 0.2) is 6.04 Å². The van der Waals surface area contributed by atoms with Crippen molar-refractivity contribution in [3.05, 3.63) is 20.8 Å². The summed E-state index contributed by atoms with van der Waals surface area (Å²) >= 11 is 4.38. The molecule has 15 heavy (non-hydrogen) atoms. The number of thiophene rings is 1. The second kappa shape index (κ2) is 5.24. The predicted octanol–water partition coefficient (Wildman–Crippen LogP) is 0.686. The minimum atomic E-state index is -1.27. The number of carbonyl (C=O) groups is 2. The molecule has 0 spiro atoms. The summed E-state index contributed by atoms with van der Waals surface area (Å²) in [4.78, 5) is 22.3. The van der Waals surface area contributed by atoms with Crippen LogP contribution in [0, 0.1) is 0 Å². The third-order valence-electron chi connectivity index (χ3n) is 1.58. The quantitative estimate of drug-likeness (QED) is 0.762. The number of hydrogen-bond acceptors (Lipinski definition) is 4. The lowest BCUT2D eigenvalue weighted by Crippen LogP contribution is -2.43. The zero-order valence-electron chi connectivity index (χ0n) is 7.44. The average Bonchev–Trinajstić information content (AvgIpc) is 2.60. The van der Waals surface area contributed by atoms with Crippen LogP contribution in [0.15, 0.2) is 15.9 Å². The molecule has 82 valence electrons. The molecule has 7 heteroatoms. The number of rotatable bonds is 4. The molecule has 1 heterocycles. The lowest BCUT2D eigenvalue weighted by atomic mass is 10.3. The van der Waals surface area contributed by atoms with E-state index >= 15 is 0 Å². The Balaban J connectivity index is 2.66. The van der Waals surface area contributed by atoms with E-state index in [4.69, 9.17) is 10.2 Å². The average molecular weight is 294 g/mol. The summed E-state index contributed by atoms with van der Waals surface area (Å²) in [6, 6.07) is 1.99. The minimum absolute atomic E-state index is 0.390. The number of nitrogens with one attached hydrogen (secondary N) is 1. The van der Waals surface area contributed by atoms with Crippen LogP contribution in [0.25, 0.3) is 0 Å². The highest BCUT2D eigenvalue weighted by Gasteiger charge is 2.20. The van der Waals surface area contributed by atoms with E-state index in [-0.39, 0.29) is 0 Å². The first-order valence-electron chi connectivity index (χ1n) is 3.94. The van der Waals surface area contributed by atoms with Crippen LogP contribution in [0.1, 0.15) is 9.67 Å². The molecule has 0 saturated carbocycles. The zero-order valence-corrected chi connectivity index (χ0v) is 9.84. The van der Waals surface area contributed by atoms with Crippen molar-refractivity contribution in [3.63, 3.8) is 0 Å². The number of carboxylic acid groups (broad SMARTS) is 1. The van der Waals surface area contributed by atoms with Crippen molar-refractivity contribution in [2.75, 3.05) is 6.61 Å². The van der Waals surface area contributed by atoms with Gasteiger partial charge in [0, 0.05) is 0 Å². The second-order valence-corrected chi connectivity index (χ2v) is 5.11. The van der Waals surface area contributed by atoms with Crippen LogP contribution in [0.3, 0.4) is 0 Å². The molecule has 1 aromatic heterocycles. The van der Waals surface area contributed by atoms with Crippen LogP contribution in [0.5, 0.6) is 0 Å². The Labute approximate surface area is 97.9 Å². The lowest BCUT2D eigenvalue weighted by Gasteiger charge is -2.09. The first kappa shape index (κ1) is 12.2. The SMILES string of the molecule is O=C(N[C@H](CO)C(=O)O)c1ccc(Br)s1. The van der Waals surface area contributed by atoms with Gasteiger partial charge in [0.05, 0.1) is 15.3 Å². The lowest BCUT2D eigenvalue weighted by molar-refractivity contribution is -0.140. The maximum Gasteiger partial charge on any atom is 0.328 e. The summed E-state index contributed by atoms with van der Waals surface area (Å²) in [5, 5.41) is 19.5. The van der Waals surface area contributed by atoms with E-state index in [0.717, 1.165) is 3.79 Å². The number of halogens is 1. The fourth-order valence-electron chi connectivity index (χ4n) is 0.851. The highest BCUT2D eigenvalue weighted by Crippen LogP contribution is 2.21. The van der Waals surface area contributed by atoms with E-state index in [1.165, 1.54) is 11.3 Å². The number of aliphatic carboxylic acids is 1. The van der Waals surface area contributed by atoms with Gasteiger partial charge in [-0.05, 0) is 28.1 Å². The summed E-state index contributed by atoms with van der Waals surface area (Å²) in [7, 11) is 0. The highest BCUT2D eigenvalue weighted by atomic mass is 79.9. The van der Waals surface area contributed by atoms with Crippen LogP contribution in [0.2, 0.25) is 0 Å². The molecule has 0 unspecified atom stereocenters. The minimum Gasteiger partial charge on any atom is -0.480 e. The first-order valence-corrected chi connectivity index (χ1v) is 5.55. The fourth-order valence-corrected chi connectivity index (χ4v) is 2.14. The maximum absolute atomic E-state index is 11.4. The topological polar surface area (TPSA) is 86.6 Å². The summed E-state index contributed by atoms with van der Waals surface area (Å²) in [5.41, 5.74) is 0. The van der Waals surface area contributed by atoms with Crippen molar-refractivity contribution >= 4 is 39.1 Å². The number of carbonyl (C=O) groups excluding carboxylic acids is 1. The van der Waals surface area contributed by atoms with Crippen LogP contribution in [-0.4, -0.2) is 34.7 Å². The highest BCUT2D eigenvalue weighted by molar-refractivity contribution is 9.11. The Kier molecular flexibility index (Phi) is 4.25. The van der Waals surface area contributed by atoms with Gasteiger partial charge in [0.25, 0.3) is 5.91 Å². The normalized spacial score (nSPS) is 12.1. The summed E-state index contributed by atoms with van der Waals surface area (Å²) in [5.74, 6) is -1.77. The summed E-state index contributed by atoms with van der Waals surface area (Å²) in [6.07, 6.45) is 0. The van der Waals surface area contributed by atoms with Crippen molar-refractivity contribution in [2.45, 2.75) is 6.04 Å². The summed E-state index contributed by atoms with van der Waals surface area (Å²) < 4.78 is 0.781. The van der Waals surface area contributed by atoms with Gasteiger partial charge in [0.2, 0.25) is 0 Å². The molecule has 1 rings (SSSR count). The third-order valence-corrected chi connectivity index (χ3v) is 3.21. The number of amides is 1. The Bertz CT molecular complexity index is 378. The Hall–Kier alpha value is -0.920. The third kappa shape index (κ3) is 3.29. The number of aliphatic hydroxyl groups excluding tert-OH is 1. The molecule has 0 fully saturated rings. The fraction of sp³-hybridized carbons (Fsp3) is 0.250. The smallest absolute Gasteiger partial charge is 0.328 e. The Morgan fingerprint density at radius 3 is 2.60 bits per heavy atom. The van der Waals surface area contributed by atoms with Crippen molar-refractivity contribution in [1.82, 2.24) is 5.32 Å². The summed E-state index contributed by atoms with van der Waals surface area (Å²) in [6.45, 7) is -0.631. The first-order chi connectivity index (χ1) is 7.04. The van der Waals surface area contributed by atoms with Crippen molar-refractivity contribution < 1.29 is 19.8 Å². The molecular weight excluding hydrogens is 286 g/mol. The maximum atomic E-state index is 11.4. The number of carboxylic acids is 1. The molecule has 1 atom stereocenters. The molecule has 0 aromatic carbocycles. The molecule has 0 radical (unpaired) electrons. The Morgan fingerprint density at radius 2 is 2.20 bits per heavy atom. The molecule has 0 saturated heterocycles. The largest absolute Gasteiger partial charge is 0.480 e. The molecule has 1 aromatic rings. The van der Waals surface area contributed by atoms with Crippen molar-refractivity contribution in [1.29, 1.82) is 0 Å². The van der Waals surface area contributed by atoms with Gasteiger partial charge in [-0.25, -0.2) is 4.79 Å². The van der Waals surface area contributed by atoms with Crippen LogP contribution in [0.4, 0.5) is 0 Å². The molecule has 0 aliphatic heterocycles. The molecule has 0 bridgehead atoms. The van der Waals surface area contributed by atoms with E-state index in [1.807, 2.05) is 0 Å². The Morgan fingerprint density at radius 1 is 1.53 bits per heavy atom. The van der Waals surface area contributed by atoms with E-state index in [2.05, 4.69) is 21.2 Å². The molecular formula is C8H8BrNO4S. The van der Waals surface area contributed by atoms with E-state index in [1.54, 1.807) is 12.1 Å². The van der Waals surface area contributed by atoms with E-state index in [0.29, 0.717) is 4.88 Å². The van der Waals surface area contributed by atoms with Crippen LogP contribution >= 0.6 is 27.3 Å². The van der Waals surface area contributed by atoms with Gasteiger partial charge < -0.3 is 15.5 Å². The van der Waals surface area contributed by atoms with Gasteiger partial charge in [-0.15, -0.1) is 11.3 Å². The van der Waals surface area contributed by atoms with Crippen LogP contribution in [-0.2, 0) is 4.79 Å². The predicted molar refractivity (Wildman–Crippen MR) is 58.0 cm³/mol. The van der Waals surface area contributed by atoms with Crippen LogP contribution < -0.4 is 5.32 Å². The number of aliphatic hydroxyl groups is 1. The van der Waals surface area contributed by atoms with Crippen molar-refractivity contribution in [2.24, 2.45) is 0 Å². The zero-order chi connectivity index (χ0) is 11.4. The van der Waals surface area contributed by atoms with Gasteiger partial charge in [0.1, 0.15) is 0 Å².